The number of aryl methyl sites for hydroxylation is 1. The van der Waals surface area contributed by atoms with Gasteiger partial charge in [-0.25, -0.2) is 4.79 Å². The monoisotopic (exact) mass is 599 g/mol. The van der Waals surface area contributed by atoms with Gasteiger partial charge in [-0.05, 0) is 109 Å². The number of nitrogens with zero attached hydrogens (tertiary/aromatic N) is 4. The first-order valence-electron chi connectivity index (χ1n) is 14.5. The maximum atomic E-state index is 14.0. The molecule has 2 aromatic carbocycles. The van der Waals surface area contributed by atoms with E-state index in [1.165, 1.54) is 24.3 Å². The molecule has 0 aliphatic heterocycles. The summed E-state index contributed by atoms with van der Waals surface area (Å²) in [6.07, 6.45) is 1.25. The number of hydrogen-bond donors (Lipinski definition) is 3. The summed E-state index contributed by atoms with van der Waals surface area (Å²) in [5, 5.41) is 18.8. The third-order valence-electron chi connectivity index (χ3n) is 8.48. The van der Waals surface area contributed by atoms with Gasteiger partial charge in [-0.2, -0.15) is 5.21 Å². The quantitative estimate of drug-likeness (QED) is 0.284. The number of tetrazole rings is 1. The maximum Gasteiger partial charge on any atom is 0.573 e. The van der Waals surface area contributed by atoms with Gasteiger partial charge in [-0.15, -0.1) is 18.3 Å². The topological polar surface area (TPSA) is 125 Å². The van der Waals surface area contributed by atoms with Crippen LogP contribution >= 0.6 is 0 Å². The van der Waals surface area contributed by atoms with Crippen LogP contribution in [0.4, 0.5) is 29.6 Å². The van der Waals surface area contributed by atoms with Crippen LogP contribution in [0, 0.1) is 11.3 Å². The lowest BCUT2D eigenvalue weighted by Crippen LogP contribution is -2.48. The van der Waals surface area contributed by atoms with E-state index in [-0.39, 0.29) is 41.1 Å². The highest BCUT2D eigenvalue weighted by Gasteiger charge is 2.39. The number of carbonyl (C=O) groups is 2. The molecule has 1 unspecified atom stereocenters. The molecular formula is C30H36F3N7O3. The zero-order chi connectivity index (χ0) is 30.8. The molecule has 13 heteroatoms. The number of rotatable bonds is 6. The van der Waals surface area contributed by atoms with E-state index < -0.39 is 6.36 Å². The molecule has 3 amide bonds. The Bertz CT molecular complexity index is 1410. The Hall–Kier alpha value is -4.16. The Balaban J connectivity index is 1.39. The highest BCUT2D eigenvalue weighted by atomic mass is 19.4. The zero-order valence-corrected chi connectivity index (χ0v) is 24.4. The predicted molar refractivity (Wildman–Crippen MR) is 153 cm³/mol. The van der Waals surface area contributed by atoms with Crippen molar-refractivity contribution in [2.45, 2.75) is 84.2 Å². The molecule has 2 aliphatic carbocycles. The van der Waals surface area contributed by atoms with E-state index >= 15 is 0 Å². The lowest BCUT2D eigenvalue weighted by molar-refractivity contribution is -0.274. The number of fused-ring (bicyclic) bond motifs is 1. The fourth-order valence-electron chi connectivity index (χ4n) is 6.32. The predicted octanol–water partition coefficient (Wildman–Crippen LogP) is 6.87. The molecular weight excluding hydrogens is 563 g/mol. The second kappa shape index (κ2) is 12.2. The van der Waals surface area contributed by atoms with Crippen LogP contribution < -0.4 is 15.4 Å². The molecule has 1 heterocycles. The van der Waals surface area contributed by atoms with Crippen molar-refractivity contribution >= 4 is 23.6 Å². The van der Waals surface area contributed by atoms with Crippen molar-refractivity contribution in [1.29, 1.82) is 0 Å². The van der Waals surface area contributed by atoms with Crippen LogP contribution in [0.1, 0.15) is 86.8 Å². The number of urea groups is 1. The zero-order valence-electron chi connectivity index (χ0n) is 24.4. The molecule has 1 fully saturated rings. The van der Waals surface area contributed by atoms with Crippen molar-refractivity contribution < 1.29 is 27.5 Å². The first kappa shape index (κ1) is 30.3. The summed E-state index contributed by atoms with van der Waals surface area (Å²) in [7, 11) is 0. The maximum absolute atomic E-state index is 14.0. The molecule has 3 N–H and O–H groups in total. The van der Waals surface area contributed by atoms with Gasteiger partial charge >= 0.3 is 12.4 Å². The van der Waals surface area contributed by atoms with Crippen LogP contribution in [0.3, 0.4) is 0 Å². The third-order valence-corrected chi connectivity index (χ3v) is 8.48. The van der Waals surface area contributed by atoms with E-state index in [2.05, 4.69) is 56.8 Å². The highest BCUT2D eigenvalue weighted by Crippen LogP contribution is 2.43. The van der Waals surface area contributed by atoms with Crippen molar-refractivity contribution in [2.24, 2.45) is 11.3 Å². The molecule has 1 atom stereocenters. The fraction of sp³-hybridized carbons (Fsp3) is 0.500. The number of carbonyl (C=O) groups excluding carboxylic acids is 2. The third kappa shape index (κ3) is 7.44. The Morgan fingerprint density at radius 2 is 1.70 bits per heavy atom. The Morgan fingerprint density at radius 3 is 2.33 bits per heavy atom. The number of amides is 3. The standard InChI is InChI=1S/C30H36F3N7O3/c1-29(2,3)20-8-12-22(13-9-20)40(28(42)34-21-10-14-23(15-11-21)43-30(31,32)33)25-6-4-5-18-17-19(7-16-24(18)25)26(41)35-27-36-38-39-37-27/h7,10-11,14-17,20,22,25H,4-6,8-9,12-13H2,1-3H3,(H,34,42)(H2,35,36,37,38,39,41). The van der Waals surface area contributed by atoms with Crippen LogP contribution in [-0.2, 0) is 6.42 Å². The van der Waals surface area contributed by atoms with E-state index in [0.717, 1.165) is 56.1 Å². The summed E-state index contributed by atoms with van der Waals surface area (Å²) in [4.78, 5) is 28.7. The number of aromatic nitrogens is 4. The number of benzene rings is 2. The minimum Gasteiger partial charge on any atom is -0.406 e. The molecule has 0 spiro atoms. The van der Waals surface area contributed by atoms with E-state index in [1.54, 1.807) is 6.07 Å². The minimum atomic E-state index is -4.80. The molecule has 3 aromatic rings. The average Bonchev–Trinajstić information content (AvgIpc) is 3.46. The van der Waals surface area contributed by atoms with Crippen molar-refractivity contribution in [3.63, 3.8) is 0 Å². The summed E-state index contributed by atoms with van der Waals surface area (Å²) in [5.74, 6) is -0.0938. The molecule has 230 valence electrons. The van der Waals surface area contributed by atoms with Gasteiger partial charge in [0.1, 0.15) is 5.75 Å². The normalized spacial score (nSPS) is 20.6. The molecule has 0 saturated heterocycles. The number of aromatic amines is 1. The number of halogens is 3. The number of H-pyrrole nitrogens is 1. The summed E-state index contributed by atoms with van der Waals surface area (Å²) in [6, 6.07) is 10.1. The van der Waals surface area contributed by atoms with Crippen LogP contribution in [0.15, 0.2) is 42.5 Å². The van der Waals surface area contributed by atoms with Crippen LogP contribution in [0.25, 0.3) is 0 Å². The smallest absolute Gasteiger partial charge is 0.406 e. The fourth-order valence-corrected chi connectivity index (χ4v) is 6.32. The molecule has 1 aromatic heterocycles. The Labute approximate surface area is 247 Å². The van der Waals surface area contributed by atoms with Crippen LogP contribution in [-0.4, -0.2) is 49.9 Å². The molecule has 5 rings (SSSR count). The summed E-state index contributed by atoms with van der Waals surface area (Å²) >= 11 is 0. The second-order valence-electron chi connectivity index (χ2n) is 12.3. The first-order chi connectivity index (χ1) is 20.4. The Morgan fingerprint density at radius 1 is 0.977 bits per heavy atom. The number of anilines is 2. The number of alkyl halides is 3. The SMILES string of the molecule is CC(C)(C)C1CCC(N(C(=O)Nc2ccc(OC(F)(F)F)cc2)C2CCCc3cc(C(=O)Nc4nn[nH]n4)ccc32)CC1. The van der Waals surface area contributed by atoms with Gasteiger partial charge < -0.3 is 15.0 Å². The van der Waals surface area contributed by atoms with Gasteiger partial charge in [0.25, 0.3) is 11.9 Å². The number of hydrogen-bond acceptors (Lipinski definition) is 6. The first-order valence-corrected chi connectivity index (χ1v) is 14.5. The van der Waals surface area contributed by atoms with Crippen LogP contribution in [0.5, 0.6) is 5.75 Å². The van der Waals surface area contributed by atoms with E-state index in [1.807, 2.05) is 17.0 Å². The number of nitrogens with one attached hydrogen (secondary N) is 3. The summed E-state index contributed by atoms with van der Waals surface area (Å²) in [5.41, 5.74) is 2.98. The van der Waals surface area contributed by atoms with Crippen molar-refractivity contribution in [1.82, 2.24) is 25.5 Å². The lowest BCUT2D eigenvalue weighted by atomic mass is 9.71. The van der Waals surface area contributed by atoms with Gasteiger partial charge in [0.05, 0.1) is 6.04 Å². The Kier molecular flexibility index (Phi) is 8.61. The van der Waals surface area contributed by atoms with Gasteiger partial charge in [0.2, 0.25) is 0 Å². The average molecular weight is 600 g/mol. The molecule has 1 saturated carbocycles. The molecule has 10 nitrogen and oxygen atoms in total. The molecule has 43 heavy (non-hydrogen) atoms. The van der Waals surface area contributed by atoms with Crippen molar-refractivity contribution in [3.8, 4) is 5.75 Å². The van der Waals surface area contributed by atoms with Gasteiger partial charge in [0, 0.05) is 17.3 Å². The largest absolute Gasteiger partial charge is 0.573 e. The summed E-state index contributed by atoms with van der Waals surface area (Å²) < 4.78 is 41.8. The van der Waals surface area contributed by atoms with Gasteiger partial charge in [0.15, 0.2) is 0 Å². The number of ether oxygens (including phenoxy) is 1. The van der Waals surface area contributed by atoms with Gasteiger partial charge in [-0.3, -0.25) is 10.1 Å². The van der Waals surface area contributed by atoms with Crippen molar-refractivity contribution in [2.75, 3.05) is 10.6 Å². The van der Waals surface area contributed by atoms with Gasteiger partial charge in [-0.1, -0.05) is 31.9 Å². The molecule has 0 radical (unpaired) electrons. The minimum absolute atomic E-state index is 0.0106. The molecule has 2 aliphatic rings. The highest BCUT2D eigenvalue weighted by molar-refractivity contribution is 6.03. The van der Waals surface area contributed by atoms with E-state index in [0.29, 0.717) is 17.2 Å². The van der Waals surface area contributed by atoms with Crippen LogP contribution in [0.2, 0.25) is 0 Å². The van der Waals surface area contributed by atoms with Crippen molar-refractivity contribution in [3.05, 3.63) is 59.2 Å². The van der Waals surface area contributed by atoms with E-state index in [9.17, 15) is 22.8 Å². The molecule has 0 bridgehead atoms. The lowest BCUT2D eigenvalue weighted by Gasteiger charge is -2.45. The summed E-state index contributed by atoms with van der Waals surface area (Å²) in [6.45, 7) is 6.75. The second-order valence-corrected chi connectivity index (χ2v) is 12.3. The van der Waals surface area contributed by atoms with E-state index in [4.69, 9.17) is 0 Å².